The largest absolute Gasteiger partial charge is 0.481 e. The van der Waals surface area contributed by atoms with Crippen LogP contribution in [-0.4, -0.2) is 49.5 Å². The summed E-state index contributed by atoms with van der Waals surface area (Å²) in [7, 11) is 0. The number of nitrogens with two attached hydrogens (primary N) is 1. The van der Waals surface area contributed by atoms with Crippen molar-refractivity contribution in [3.63, 3.8) is 0 Å². The molecule has 2 aromatic carbocycles. The minimum Gasteiger partial charge on any atom is -0.481 e. The Balaban J connectivity index is 0.000000601. The molecule has 0 radical (unpaired) electrons. The van der Waals surface area contributed by atoms with E-state index in [1.165, 1.54) is 10.1 Å². The number of carboxylic acid groups (broad SMARTS) is 1. The van der Waals surface area contributed by atoms with Gasteiger partial charge in [-0.25, -0.2) is 4.98 Å². The molecular weight excluding hydrogens is 440 g/mol. The molecule has 0 aliphatic rings. The zero-order valence-corrected chi connectivity index (χ0v) is 18.6. The number of thiophene rings is 1. The summed E-state index contributed by atoms with van der Waals surface area (Å²) in [6, 6.07) is 16.4. The average Bonchev–Trinajstić information content (AvgIpc) is 3.43. The standard InChI is InChI=1S/C21H18N6OS.C2H4O2/c22-21-23-6-5-19(25-21)27(7-8-28)15-9-14-12-24-26-20(14)16(11-15)18-10-13-3-1-2-4-17(13)29-18;1-2(3)4/h1-6,9-12,28H,7-8H2,(H,24,26)(H2,22,23,25);1H3,(H,3,4). The Morgan fingerprint density at radius 2 is 1.97 bits per heavy atom. The molecule has 0 atom stereocenters. The van der Waals surface area contributed by atoms with Crippen LogP contribution in [0, 0.1) is 0 Å². The fourth-order valence-electron chi connectivity index (χ4n) is 3.50. The first kappa shape index (κ1) is 22.2. The number of hydrogen-bond acceptors (Lipinski definition) is 8. The van der Waals surface area contributed by atoms with Crippen LogP contribution in [0.25, 0.3) is 31.4 Å². The Bertz CT molecular complexity index is 1380. The van der Waals surface area contributed by atoms with Crippen LogP contribution >= 0.6 is 11.3 Å². The van der Waals surface area contributed by atoms with Crippen LogP contribution in [0.4, 0.5) is 17.5 Å². The van der Waals surface area contributed by atoms with Gasteiger partial charge in [-0.2, -0.15) is 10.1 Å². The number of carbonyl (C=O) groups is 1. The van der Waals surface area contributed by atoms with Crippen LogP contribution in [0.15, 0.2) is 60.9 Å². The molecule has 0 unspecified atom stereocenters. The third-order valence-corrected chi connectivity index (χ3v) is 5.95. The number of aliphatic carboxylic acids is 1. The van der Waals surface area contributed by atoms with Crippen LogP contribution < -0.4 is 10.6 Å². The first-order chi connectivity index (χ1) is 16.0. The molecule has 0 aliphatic carbocycles. The van der Waals surface area contributed by atoms with Gasteiger partial charge in [-0.15, -0.1) is 11.3 Å². The molecule has 0 saturated carbocycles. The molecule has 0 spiro atoms. The van der Waals surface area contributed by atoms with Crippen molar-refractivity contribution in [2.75, 3.05) is 23.8 Å². The molecule has 9 nitrogen and oxygen atoms in total. The molecule has 33 heavy (non-hydrogen) atoms. The van der Waals surface area contributed by atoms with Gasteiger partial charge in [0.25, 0.3) is 5.97 Å². The lowest BCUT2D eigenvalue weighted by Crippen LogP contribution is -2.22. The third kappa shape index (κ3) is 4.92. The Kier molecular flexibility index (Phi) is 6.48. The summed E-state index contributed by atoms with van der Waals surface area (Å²) in [6.07, 6.45) is 3.42. The van der Waals surface area contributed by atoms with E-state index in [1.807, 2.05) is 23.1 Å². The van der Waals surface area contributed by atoms with Gasteiger partial charge in [0.15, 0.2) is 0 Å². The first-order valence-corrected chi connectivity index (χ1v) is 10.9. The lowest BCUT2D eigenvalue weighted by atomic mass is 10.1. The maximum atomic E-state index is 9.65. The highest BCUT2D eigenvalue weighted by atomic mass is 32.1. The number of aromatic nitrogens is 4. The normalized spacial score (nSPS) is 10.7. The van der Waals surface area contributed by atoms with Gasteiger partial charge in [0.1, 0.15) is 5.82 Å². The minimum atomic E-state index is -0.833. The van der Waals surface area contributed by atoms with Crippen molar-refractivity contribution >= 4 is 55.7 Å². The number of nitrogens with zero attached hydrogens (tertiary/aromatic N) is 4. The predicted molar refractivity (Wildman–Crippen MR) is 131 cm³/mol. The fourth-order valence-corrected chi connectivity index (χ4v) is 4.58. The third-order valence-electron chi connectivity index (χ3n) is 4.80. The van der Waals surface area contributed by atoms with Crippen molar-refractivity contribution in [3.05, 3.63) is 60.9 Å². The molecule has 168 valence electrons. The number of hydrogen-bond donors (Lipinski definition) is 4. The molecule has 5 rings (SSSR count). The lowest BCUT2D eigenvalue weighted by molar-refractivity contribution is -0.134. The quantitative estimate of drug-likeness (QED) is 0.307. The zero-order chi connectivity index (χ0) is 23.4. The molecule has 0 saturated heterocycles. The van der Waals surface area contributed by atoms with E-state index < -0.39 is 5.97 Å². The van der Waals surface area contributed by atoms with Crippen molar-refractivity contribution < 1.29 is 15.0 Å². The van der Waals surface area contributed by atoms with E-state index in [4.69, 9.17) is 15.6 Å². The van der Waals surface area contributed by atoms with Crippen molar-refractivity contribution in [3.8, 4) is 10.4 Å². The van der Waals surface area contributed by atoms with E-state index in [2.05, 4.69) is 44.4 Å². The Morgan fingerprint density at radius 3 is 2.70 bits per heavy atom. The molecule has 0 amide bonds. The van der Waals surface area contributed by atoms with Gasteiger partial charge in [-0.3, -0.25) is 9.89 Å². The van der Waals surface area contributed by atoms with Gasteiger partial charge in [0.2, 0.25) is 5.95 Å². The summed E-state index contributed by atoms with van der Waals surface area (Å²) in [6.45, 7) is 1.44. The van der Waals surface area contributed by atoms with Crippen LogP contribution in [0.2, 0.25) is 0 Å². The van der Waals surface area contributed by atoms with E-state index in [-0.39, 0.29) is 12.6 Å². The monoisotopic (exact) mass is 462 g/mol. The maximum Gasteiger partial charge on any atom is 0.300 e. The predicted octanol–water partition coefficient (Wildman–Crippen LogP) is 4.04. The zero-order valence-electron chi connectivity index (χ0n) is 17.8. The number of carboxylic acids is 1. The maximum absolute atomic E-state index is 9.65. The highest BCUT2D eigenvalue weighted by Crippen LogP contribution is 2.39. The number of rotatable bonds is 5. The number of H-pyrrole nitrogens is 1. The molecular formula is C23H22N6O3S. The summed E-state index contributed by atoms with van der Waals surface area (Å²) >= 11 is 1.74. The highest BCUT2D eigenvalue weighted by molar-refractivity contribution is 7.22. The van der Waals surface area contributed by atoms with Gasteiger partial charge in [-0.05, 0) is 35.7 Å². The summed E-state index contributed by atoms with van der Waals surface area (Å²) in [5, 5.41) is 26.6. The van der Waals surface area contributed by atoms with Crippen LogP contribution in [-0.2, 0) is 4.79 Å². The fraction of sp³-hybridized carbons (Fsp3) is 0.130. The number of nitrogen functional groups attached to an aromatic ring is 1. The number of anilines is 3. The van der Waals surface area contributed by atoms with Gasteiger partial charge in [-0.1, -0.05) is 18.2 Å². The molecule has 0 bridgehead atoms. The molecule has 0 aliphatic heterocycles. The number of benzene rings is 2. The van der Waals surface area contributed by atoms with Crippen LogP contribution in [0.3, 0.4) is 0 Å². The number of aromatic amines is 1. The molecule has 3 aromatic heterocycles. The van der Waals surface area contributed by atoms with Crippen molar-refractivity contribution in [1.82, 2.24) is 20.2 Å². The molecule has 5 aromatic rings. The second-order valence-electron chi connectivity index (χ2n) is 7.14. The second kappa shape index (κ2) is 9.63. The van der Waals surface area contributed by atoms with E-state index in [0.29, 0.717) is 12.4 Å². The van der Waals surface area contributed by atoms with Crippen molar-refractivity contribution in [1.29, 1.82) is 0 Å². The number of nitrogens with one attached hydrogen (secondary N) is 1. The topological polar surface area (TPSA) is 141 Å². The molecule has 0 fully saturated rings. The van der Waals surface area contributed by atoms with Gasteiger partial charge < -0.3 is 20.8 Å². The van der Waals surface area contributed by atoms with E-state index in [1.54, 1.807) is 29.8 Å². The van der Waals surface area contributed by atoms with Crippen molar-refractivity contribution in [2.24, 2.45) is 0 Å². The van der Waals surface area contributed by atoms with Crippen molar-refractivity contribution in [2.45, 2.75) is 6.92 Å². The Hall–Kier alpha value is -4.02. The van der Waals surface area contributed by atoms with Crippen LogP contribution in [0.1, 0.15) is 6.92 Å². The summed E-state index contributed by atoms with van der Waals surface area (Å²) in [5.41, 5.74) is 8.72. The summed E-state index contributed by atoms with van der Waals surface area (Å²) in [4.78, 5) is 20.4. The SMILES string of the molecule is CC(=O)O.Nc1nccc(N(CCO)c2cc(-c3cc4ccccc4s3)c3[nH]ncc3c2)n1. The number of aliphatic hydroxyl groups is 1. The molecule has 3 heterocycles. The first-order valence-electron chi connectivity index (χ1n) is 10.1. The highest BCUT2D eigenvalue weighted by Gasteiger charge is 2.17. The number of fused-ring (bicyclic) bond motifs is 2. The Morgan fingerprint density at radius 1 is 1.18 bits per heavy atom. The van der Waals surface area contributed by atoms with Gasteiger partial charge in [0.05, 0.1) is 18.3 Å². The summed E-state index contributed by atoms with van der Waals surface area (Å²) in [5.74, 6) is -0.00348. The molecule has 5 N–H and O–H groups in total. The van der Waals surface area contributed by atoms with Gasteiger partial charge in [0, 0.05) is 45.9 Å². The van der Waals surface area contributed by atoms with E-state index in [9.17, 15) is 5.11 Å². The van der Waals surface area contributed by atoms with Gasteiger partial charge >= 0.3 is 0 Å². The summed E-state index contributed by atoms with van der Waals surface area (Å²) < 4.78 is 1.23. The smallest absolute Gasteiger partial charge is 0.300 e. The van der Waals surface area contributed by atoms with E-state index >= 15 is 0 Å². The lowest BCUT2D eigenvalue weighted by Gasteiger charge is -2.23. The average molecular weight is 463 g/mol. The van der Waals surface area contributed by atoms with E-state index in [0.717, 1.165) is 34.0 Å². The van der Waals surface area contributed by atoms with Crippen LogP contribution in [0.5, 0.6) is 0 Å². The number of aliphatic hydroxyl groups excluding tert-OH is 1. The minimum absolute atomic E-state index is 0.0223. The molecule has 10 heteroatoms. The Labute approximate surface area is 193 Å². The second-order valence-corrected chi connectivity index (χ2v) is 8.23.